The van der Waals surface area contributed by atoms with Crippen LogP contribution in [0.1, 0.15) is 39.9 Å². The van der Waals surface area contributed by atoms with Crippen molar-refractivity contribution in [2.24, 2.45) is 0 Å². The van der Waals surface area contributed by atoms with Crippen molar-refractivity contribution < 1.29 is 4.79 Å². The summed E-state index contributed by atoms with van der Waals surface area (Å²) in [6.07, 6.45) is 5.74. The maximum absolute atomic E-state index is 13.0. The molecule has 1 heterocycles. The summed E-state index contributed by atoms with van der Waals surface area (Å²) in [5.74, 6) is 0.0763. The lowest BCUT2D eigenvalue weighted by Gasteiger charge is -2.22. The lowest BCUT2D eigenvalue weighted by molar-refractivity contribution is 0.0730. The number of benzene rings is 2. The van der Waals surface area contributed by atoms with Gasteiger partial charge in [0.1, 0.15) is 0 Å². The van der Waals surface area contributed by atoms with Gasteiger partial charge in [0, 0.05) is 18.8 Å². The summed E-state index contributed by atoms with van der Waals surface area (Å²) >= 11 is 0. The van der Waals surface area contributed by atoms with Crippen LogP contribution in [0.25, 0.3) is 0 Å². The fraction of sp³-hybridized carbons (Fsp3) is 0.273. The Morgan fingerprint density at radius 3 is 2.50 bits per heavy atom. The molecule has 1 aliphatic carbocycles. The molecule has 0 bridgehead atoms. The molecule has 26 heavy (non-hydrogen) atoms. The van der Waals surface area contributed by atoms with E-state index in [0.29, 0.717) is 24.7 Å². The Hall–Kier alpha value is -2.88. The average Bonchev–Trinajstić information content (AvgIpc) is 3.40. The highest BCUT2D eigenvalue weighted by Crippen LogP contribution is 2.30. The van der Waals surface area contributed by atoms with Crippen LogP contribution in [0.5, 0.6) is 0 Å². The first-order valence-corrected chi connectivity index (χ1v) is 9.12. The number of rotatable bonds is 6. The second-order valence-electron chi connectivity index (χ2n) is 7.06. The molecule has 0 radical (unpaired) electrons. The Kier molecular flexibility index (Phi) is 4.57. The Morgan fingerprint density at radius 1 is 1.08 bits per heavy atom. The smallest absolute Gasteiger partial charge is 0.257 e. The molecule has 0 atom stereocenters. The molecule has 4 heteroatoms. The van der Waals surface area contributed by atoms with Gasteiger partial charge in [-0.15, -0.1) is 0 Å². The molecule has 0 saturated heterocycles. The minimum Gasteiger partial charge on any atom is -0.331 e. The topological polar surface area (TPSA) is 38.1 Å². The number of aryl methyl sites for hydroxylation is 1. The Labute approximate surface area is 154 Å². The van der Waals surface area contributed by atoms with Crippen molar-refractivity contribution in [1.82, 2.24) is 14.7 Å². The molecule has 1 fully saturated rings. The van der Waals surface area contributed by atoms with Gasteiger partial charge < -0.3 is 4.90 Å². The van der Waals surface area contributed by atoms with E-state index >= 15 is 0 Å². The van der Waals surface area contributed by atoms with Crippen molar-refractivity contribution in [3.05, 3.63) is 89.2 Å². The van der Waals surface area contributed by atoms with Gasteiger partial charge >= 0.3 is 0 Å². The van der Waals surface area contributed by atoms with Gasteiger partial charge in [-0.3, -0.25) is 9.48 Å². The second kappa shape index (κ2) is 7.16. The fourth-order valence-electron chi connectivity index (χ4n) is 3.14. The standard InChI is InChI=1S/C22H23N3O/c1-17-7-9-19(10-8-17)15-25(21-11-12-21)22(26)20-13-23-24(16-20)14-18-5-3-2-4-6-18/h2-10,13,16,21H,11-12,14-15H2,1H3. The van der Waals surface area contributed by atoms with Crippen molar-refractivity contribution >= 4 is 5.91 Å². The van der Waals surface area contributed by atoms with Crippen LogP contribution < -0.4 is 0 Å². The molecule has 0 unspecified atom stereocenters. The molecule has 4 nitrogen and oxygen atoms in total. The average molecular weight is 345 g/mol. The predicted molar refractivity (Wildman–Crippen MR) is 102 cm³/mol. The lowest BCUT2D eigenvalue weighted by atomic mass is 10.1. The van der Waals surface area contributed by atoms with E-state index in [2.05, 4.69) is 48.4 Å². The minimum absolute atomic E-state index is 0.0763. The number of aromatic nitrogens is 2. The lowest BCUT2D eigenvalue weighted by Crippen LogP contribution is -2.32. The first kappa shape index (κ1) is 16.6. The second-order valence-corrected chi connectivity index (χ2v) is 7.06. The molecule has 1 aromatic heterocycles. The summed E-state index contributed by atoms with van der Waals surface area (Å²) in [5.41, 5.74) is 4.25. The zero-order valence-corrected chi connectivity index (χ0v) is 15.0. The van der Waals surface area contributed by atoms with Gasteiger partial charge in [0.15, 0.2) is 0 Å². The first-order valence-electron chi connectivity index (χ1n) is 9.12. The molecule has 0 aliphatic heterocycles. The van der Waals surface area contributed by atoms with Crippen LogP contribution in [0.4, 0.5) is 0 Å². The Balaban J connectivity index is 1.48. The van der Waals surface area contributed by atoms with Crippen molar-refractivity contribution in [2.75, 3.05) is 0 Å². The van der Waals surface area contributed by atoms with Crippen molar-refractivity contribution in [3.8, 4) is 0 Å². The SMILES string of the molecule is Cc1ccc(CN(C(=O)c2cnn(Cc3ccccc3)c2)C2CC2)cc1. The van der Waals surface area contributed by atoms with Gasteiger partial charge in [-0.1, -0.05) is 60.2 Å². The largest absolute Gasteiger partial charge is 0.331 e. The number of carbonyl (C=O) groups excluding carboxylic acids is 1. The first-order chi connectivity index (χ1) is 12.7. The van der Waals surface area contributed by atoms with Crippen LogP contribution in [0.15, 0.2) is 67.0 Å². The zero-order valence-electron chi connectivity index (χ0n) is 15.0. The number of nitrogens with zero attached hydrogens (tertiary/aromatic N) is 3. The van der Waals surface area contributed by atoms with Crippen molar-refractivity contribution in [2.45, 2.75) is 38.9 Å². The van der Waals surface area contributed by atoms with Crippen molar-refractivity contribution in [1.29, 1.82) is 0 Å². The third kappa shape index (κ3) is 3.85. The normalized spacial score (nSPS) is 13.6. The van der Waals surface area contributed by atoms with Crippen molar-refractivity contribution in [3.63, 3.8) is 0 Å². The fourth-order valence-corrected chi connectivity index (χ4v) is 3.14. The Morgan fingerprint density at radius 2 is 1.81 bits per heavy atom. The van der Waals surface area contributed by atoms with E-state index in [1.54, 1.807) is 6.20 Å². The molecule has 1 aliphatic rings. The van der Waals surface area contributed by atoms with E-state index < -0.39 is 0 Å². The summed E-state index contributed by atoms with van der Waals surface area (Å²) in [6.45, 7) is 3.41. The third-order valence-electron chi connectivity index (χ3n) is 4.79. The molecule has 1 saturated carbocycles. The monoisotopic (exact) mass is 345 g/mol. The summed E-state index contributed by atoms with van der Waals surface area (Å²) in [6, 6.07) is 18.9. The molecule has 132 valence electrons. The molecule has 2 aromatic carbocycles. The third-order valence-corrected chi connectivity index (χ3v) is 4.79. The summed E-state index contributed by atoms with van der Waals surface area (Å²) < 4.78 is 1.83. The Bertz CT molecular complexity index is 879. The molecule has 3 aromatic rings. The number of hydrogen-bond acceptors (Lipinski definition) is 2. The summed E-state index contributed by atoms with van der Waals surface area (Å²) in [5, 5.41) is 4.38. The van der Waals surface area contributed by atoms with Gasteiger partial charge in [-0.25, -0.2) is 0 Å². The maximum atomic E-state index is 13.0. The highest BCUT2D eigenvalue weighted by molar-refractivity contribution is 5.94. The molecule has 4 rings (SSSR count). The van der Waals surface area contributed by atoms with Gasteiger partial charge in [-0.2, -0.15) is 5.10 Å². The molecule has 1 amide bonds. The van der Waals surface area contributed by atoms with Crippen LogP contribution in [0.2, 0.25) is 0 Å². The number of carbonyl (C=O) groups is 1. The van der Waals surface area contributed by atoms with Crippen LogP contribution in [0.3, 0.4) is 0 Å². The predicted octanol–water partition coefficient (Wildman–Crippen LogP) is 4.04. The summed E-state index contributed by atoms with van der Waals surface area (Å²) in [7, 11) is 0. The van der Waals surface area contributed by atoms with Gasteiger partial charge in [0.2, 0.25) is 0 Å². The molecular weight excluding hydrogens is 322 g/mol. The van der Waals surface area contributed by atoms with Crippen LogP contribution >= 0.6 is 0 Å². The van der Waals surface area contributed by atoms with E-state index in [-0.39, 0.29) is 5.91 Å². The van der Waals surface area contributed by atoms with Crippen LogP contribution in [-0.4, -0.2) is 26.6 Å². The van der Waals surface area contributed by atoms with Gasteiger partial charge in [0.25, 0.3) is 5.91 Å². The van der Waals surface area contributed by atoms with E-state index in [0.717, 1.165) is 12.8 Å². The van der Waals surface area contributed by atoms with E-state index in [1.807, 2.05) is 34.0 Å². The van der Waals surface area contributed by atoms with E-state index in [4.69, 9.17) is 0 Å². The molecular formula is C22H23N3O. The quantitative estimate of drug-likeness (QED) is 0.676. The number of amides is 1. The van der Waals surface area contributed by atoms with E-state index in [9.17, 15) is 4.79 Å². The minimum atomic E-state index is 0.0763. The molecule has 0 spiro atoms. The van der Waals surface area contributed by atoms with Crippen LogP contribution in [-0.2, 0) is 13.1 Å². The zero-order chi connectivity index (χ0) is 17.9. The number of hydrogen-bond donors (Lipinski definition) is 0. The summed E-state index contributed by atoms with van der Waals surface area (Å²) in [4.78, 5) is 15.0. The van der Waals surface area contributed by atoms with E-state index in [1.165, 1.54) is 16.7 Å². The van der Waals surface area contributed by atoms with Gasteiger partial charge in [0.05, 0.1) is 18.3 Å². The molecule has 0 N–H and O–H groups in total. The van der Waals surface area contributed by atoms with Gasteiger partial charge in [-0.05, 0) is 30.9 Å². The maximum Gasteiger partial charge on any atom is 0.257 e. The highest BCUT2D eigenvalue weighted by atomic mass is 16.2. The highest BCUT2D eigenvalue weighted by Gasteiger charge is 2.33. The van der Waals surface area contributed by atoms with Crippen LogP contribution in [0, 0.1) is 6.92 Å².